The van der Waals surface area contributed by atoms with E-state index in [1.54, 1.807) is 0 Å². The number of ether oxygens (including phenoxy) is 1. The summed E-state index contributed by atoms with van der Waals surface area (Å²) < 4.78 is 5.73. The second-order valence-corrected chi connectivity index (χ2v) is 6.44. The molecular formula is C21H36O. The second kappa shape index (κ2) is 13.8. The molecule has 1 heterocycles. The van der Waals surface area contributed by atoms with E-state index in [0.29, 0.717) is 12.2 Å². The van der Waals surface area contributed by atoms with Gasteiger partial charge in [-0.2, -0.15) is 0 Å². The molecule has 0 aliphatic carbocycles. The highest BCUT2D eigenvalue weighted by Gasteiger charge is 2.36. The molecule has 1 heteroatoms. The molecule has 1 fully saturated rings. The fraction of sp³-hybridized carbons (Fsp3) is 0.714. The molecule has 22 heavy (non-hydrogen) atoms. The summed E-state index contributed by atoms with van der Waals surface area (Å²) in [5, 5.41) is 0. The highest BCUT2D eigenvalue weighted by molar-refractivity contribution is 5.02. The standard InChI is InChI=1S/C21H36O/c1-3-5-7-9-11-12-13-15-17-19-21-20(22-21)18-16-14-10-8-6-4-2/h4,6,8,14,16,20-21H,2-3,5,7,9-13,15,17-19H2,1H3/b8-6+,16-14+/t20-,21+/m0/s1. The Morgan fingerprint density at radius 1 is 0.818 bits per heavy atom. The van der Waals surface area contributed by atoms with Crippen LogP contribution in [0.5, 0.6) is 0 Å². The van der Waals surface area contributed by atoms with Crippen molar-refractivity contribution in [1.29, 1.82) is 0 Å². The molecule has 0 saturated carbocycles. The van der Waals surface area contributed by atoms with Gasteiger partial charge in [0.1, 0.15) is 0 Å². The fourth-order valence-corrected chi connectivity index (χ4v) is 2.88. The van der Waals surface area contributed by atoms with E-state index in [4.69, 9.17) is 4.74 Å². The molecule has 0 radical (unpaired) electrons. The van der Waals surface area contributed by atoms with Gasteiger partial charge in [-0.25, -0.2) is 0 Å². The van der Waals surface area contributed by atoms with Gasteiger partial charge in [0.05, 0.1) is 12.2 Å². The number of hydrogen-bond acceptors (Lipinski definition) is 1. The van der Waals surface area contributed by atoms with Crippen molar-refractivity contribution in [2.24, 2.45) is 0 Å². The lowest BCUT2D eigenvalue weighted by Crippen LogP contribution is -1.93. The Labute approximate surface area is 138 Å². The van der Waals surface area contributed by atoms with E-state index in [-0.39, 0.29) is 0 Å². The Bertz CT molecular complexity index is 316. The fourth-order valence-electron chi connectivity index (χ4n) is 2.88. The molecule has 0 N–H and O–H groups in total. The first-order chi connectivity index (χ1) is 10.9. The van der Waals surface area contributed by atoms with Crippen LogP contribution in [0.3, 0.4) is 0 Å². The predicted molar refractivity (Wildman–Crippen MR) is 98.2 cm³/mol. The molecule has 1 nitrogen and oxygen atoms in total. The van der Waals surface area contributed by atoms with Crippen LogP contribution in [0.1, 0.15) is 84.0 Å². The van der Waals surface area contributed by atoms with Gasteiger partial charge in [0.2, 0.25) is 0 Å². The summed E-state index contributed by atoms with van der Waals surface area (Å²) in [5.41, 5.74) is 0. The zero-order valence-corrected chi connectivity index (χ0v) is 14.6. The van der Waals surface area contributed by atoms with Gasteiger partial charge < -0.3 is 4.74 Å². The van der Waals surface area contributed by atoms with Crippen molar-refractivity contribution < 1.29 is 4.74 Å². The summed E-state index contributed by atoms with van der Waals surface area (Å²) in [5.74, 6) is 0. The maximum absolute atomic E-state index is 5.73. The van der Waals surface area contributed by atoms with Crippen molar-refractivity contribution in [2.45, 2.75) is 96.2 Å². The molecule has 0 aromatic heterocycles. The highest BCUT2D eigenvalue weighted by Crippen LogP contribution is 2.30. The van der Waals surface area contributed by atoms with Crippen LogP contribution in [0.2, 0.25) is 0 Å². The lowest BCUT2D eigenvalue weighted by atomic mass is 10.0. The first kappa shape index (κ1) is 19.2. The minimum atomic E-state index is 0.508. The van der Waals surface area contributed by atoms with Gasteiger partial charge in [0, 0.05) is 0 Å². The van der Waals surface area contributed by atoms with Gasteiger partial charge in [-0.15, -0.1) is 0 Å². The third-order valence-corrected chi connectivity index (χ3v) is 4.36. The molecule has 2 atom stereocenters. The number of unbranched alkanes of at least 4 members (excludes halogenated alkanes) is 8. The molecule has 0 unspecified atom stereocenters. The van der Waals surface area contributed by atoms with E-state index < -0.39 is 0 Å². The Morgan fingerprint density at radius 3 is 2.18 bits per heavy atom. The monoisotopic (exact) mass is 304 g/mol. The van der Waals surface area contributed by atoms with Crippen molar-refractivity contribution in [1.82, 2.24) is 0 Å². The smallest absolute Gasteiger partial charge is 0.0876 e. The molecular weight excluding hydrogens is 268 g/mol. The maximum atomic E-state index is 5.73. The van der Waals surface area contributed by atoms with Gasteiger partial charge in [-0.05, 0) is 19.3 Å². The maximum Gasteiger partial charge on any atom is 0.0876 e. The van der Waals surface area contributed by atoms with E-state index >= 15 is 0 Å². The molecule has 0 spiro atoms. The predicted octanol–water partition coefficient (Wildman–Crippen LogP) is 6.75. The summed E-state index contributed by atoms with van der Waals surface area (Å²) in [7, 11) is 0. The average molecular weight is 305 g/mol. The van der Waals surface area contributed by atoms with Crippen LogP contribution >= 0.6 is 0 Å². The Kier molecular flexibility index (Phi) is 12.1. The summed E-state index contributed by atoms with van der Waals surface area (Å²) in [4.78, 5) is 0. The van der Waals surface area contributed by atoms with Crippen LogP contribution in [-0.4, -0.2) is 12.2 Å². The summed E-state index contributed by atoms with van der Waals surface area (Å²) in [6, 6.07) is 0. The molecule has 126 valence electrons. The van der Waals surface area contributed by atoms with Crippen molar-refractivity contribution in [3.8, 4) is 0 Å². The van der Waals surface area contributed by atoms with Crippen LogP contribution in [0.25, 0.3) is 0 Å². The zero-order valence-electron chi connectivity index (χ0n) is 14.6. The van der Waals surface area contributed by atoms with E-state index in [0.717, 1.165) is 12.8 Å². The molecule has 0 aromatic rings. The molecule has 0 aromatic carbocycles. The quantitative estimate of drug-likeness (QED) is 0.141. The number of epoxide rings is 1. The van der Waals surface area contributed by atoms with Crippen molar-refractivity contribution in [2.75, 3.05) is 0 Å². The largest absolute Gasteiger partial charge is 0.369 e. The molecule has 1 aliphatic rings. The van der Waals surface area contributed by atoms with E-state index in [1.165, 1.54) is 64.2 Å². The lowest BCUT2D eigenvalue weighted by molar-refractivity contribution is 0.358. The van der Waals surface area contributed by atoms with Gasteiger partial charge >= 0.3 is 0 Å². The van der Waals surface area contributed by atoms with Crippen LogP contribution in [0.4, 0.5) is 0 Å². The van der Waals surface area contributed by atoms with Crippen molar-refractivity contribution >= 4 is 0 Å². The van der Waals surface area contributed by atoms with Gasteiger partial charge in [-0.3, -0.25) is 0 Å². The lowest BCUT2D eigenvalue weighted by Gasteiger charge is -2.01. The van der Waals surface area contributed by atoms with Crippen LogP contribution in [-0.2, 0) is 4.74 Å². The van der Waals surface area contributed by atoms with E-state index in [2.05, 4.69) is 31.7 Å². The van der Waals surface area contributed by atoms with Gasteiger partial charge in [-0.1, -0.05) is 102 Å². The highest BCUT2D eigenvalue weighted by atomic mass is 16.6. The zero-order chi connectivity index (χ0) is 15.9. The molecule has 1 rings (SSSR count). The average Bonchev–Trinajstić information content (AvgIpc) is 3.27. The van der Waals surface area contributed by atoms with Gasteiger partial charge in [0.25, 0.3) is 0 Å². The summed E-state index contributed by atoms with van der Waals surface area (Å²) in [6.07, 6.45) is 27.5. The molecule has 0 amide bonds. The van der Waals surface area contributed by atoms with E-state index in [9.17, 15) is 0 Å². The van der Waals surface area contributed by atoms with Crippen molar-refractivity contribution in [3.63, 3.8) is 0 Å². The number of hydrogen-bond donors (Lipinski definition) is 0. The van der Waals surface area contributed by atoms with Gasteiger partial charge in [0.15, 0.2) is 0 Å². The Hall–Kier alpha value is -0.820. The number of rotatable bonds is 15. The van der Waals surface area contributed by atoms with Crippen molar-refractivity contribution in [3.05, 3.63) is 37.0 Å². The van der Waals surface area contributed by atoms with Crippen LogP contribution in [0, 0.1) is 0 Å². The first-order valence-corrected chi connectivity index (χ1v) is 9.46. The Balaban J connectivity index is 1.82. The second-order valence-electron chi connectivity index (χ2n) is 6.44. The molecule has 1 aliphatic heterocycles. The molecule has 1 saturated heterocycles. The Morgan fingerprint density at radius 2 is 1.50 bits per heavy atom. The van der Waals surface area contributed by atoms with Crippen LogP contribution < -0.4 is 0 Å². The van der Waals surface area contributed by atoms with Crippen LogP contribution in [0.15, 0.2) is 37.0 Å². The minimum Gasteiger partial charge on any atom is -0.369 e. The summed E-state index contributed by atoms with van der Waals surface area (Å²) in [6.45, 7) is 5.94. The first-order valence-electron chi connectivity index (χ1n) is 9.46. The normalized spacial score (nSPS) is 21.0. The third kappa shape index (κ3) is 10.8. The SMILES string of the molecule is C=C/C=C/C/C=C/C[C@@H]1O[C@@H]1CCCCCCCCCCC. The molecule has 0 bridgehead atoms. The van der Waals surface area contributed by atoms with E-state index in [1.807, 2.05) is 12.2 Å². The third-order valence-electron chi connectivity index (χ3n) is 4.36. The topological polar surface area (TPSA) is 12.5 Å². The number of allylic oxidation sites excluding steroid dienone is 4. The minimum absolute atomic E-state index is 0.508. The summed E-state index contributed by atoms with van der Waals surface area (Å²) >= 11 is 0.